The average Bonchev–Trinajstić information content (AvgIpc) is 2.76. The minimum Gasteiger partial charge on any atom is -0.493 e. The number of benzene rings is 2. The average molecular weight is 416 g/mol. The largest absolute Gasteiger partial charge is 0.493 e. The number of rotatable bonds is 11. The number of aliphatic hydroxyl groups is 1. The second-order valence-corrected chi connectivity index (χ2v) is 6.52. The quantitative estimate of drug-likeness (QED) is 0.563. The van der Waals surface area contributed by atoms with Crippen molar-refractivity contribution in [3.05, 3.63) is 59.7 Å². The number of aliphatic hydroxyl groups excluding tert-OH is 1. The topological polar surface area (TPSA) is 91.3 Å². The SMILES string of the molecule is CCOC(=O)[C@@H](O)[C@@H](Cc1ccc(OCc2ccccc2)c(OC)c1)C(=O)OCC. The first-order chi connectivity index (χ1) is 14.5. The summed E-state index contributed by atoms with van der Waals surface area (Å²) < 4.78 is 21.1. The summed E-state index contributed by atoms with van der Waals surface area (Å²) >= 11 is 0. The van der Waals surface area contributed by atoms with Crippen LogP contribution in [-0.2, 0) is 32.1 Å². The first kappa shape index (κ1) is 23.2. The van der Waals surface area contributed by atoms with Crippen LogP contribution in [0.3, 0.4) is 0 Å². The van der Waals surface area contributed by atoms with Gasteiger partial charge in [0.15, 0.2) is 17.6 Å². The number of methoxy groups -OCH3 is 1. The Kier molecular flexibility index (Phi) is 9.15. The minimum absolute atomic E-state index is 0.0775. The summed E-state index contributed by atoms with van der Waals surface area (Å²) in [6, 6.07) is 14.9. The Hall–Kier alpha value is -3.06. The van der Waals surface area contributed by atoms with E-state index in [0.717, 1.165) is 5.56 Å². The summed E-state index contributed by atoms with van der Waals surface area (Å²) in [4.78, 5) is 24.3. The normalized spacial score (nSPS) is 12.5. The maximum Gasteiger partial charge on any atom is 0.335 e. The molecule has 0 heterocycles. The summed E-state index contributed by atoms with van der Waals surface area (Å²) in [5, 5.41) is 10.3. The van der Waals surface area contributed by atoms with E-state index in [1.54, 1.807) is 32.0 Å². The monoisotopic (exact) mass is 416 g/mol. The fourth-order valence-electron chi connectivity index (χ4n) is 2.91. The summed E-state index contributed by atoms with van der Waals surface area (Å²) in [6.45, 7) is 3.91. The van der Waals surface area contributed by atoms with Gasteiger partial charge in [0.2, 0.25) is 0 Å². The predicted molar refractivity (Wildman–Crippen MR) is 110 cm³/mol. The van der Waals surface area contributed by atoms with Crippen LogP contribution in [0.15, 0.2) is 48.5 Å². The molecule has 2 rings (SSSR count). The Morgan fingerprint density at radius 1 is 0.900 bits per heavy atom. The van der Waals surface area contributed by atoms with E-state index >= 15 is 0 Å². The van der Waals surface area contributed by atoms with E-state index in [-0.39, 0.29) is 19.6 Å². The maximum absolute atomic E-state index is 12.3. The van der Waals surface area contributed by atoms with Crippen LogP contribution in [0.1, 0.15) is 25.0 Å². The maximum atomic E-state index is 12.3. The molecular weight excluding hydrogens is 388 g/mol. The van der Waals surface area contributed by atoms with E-state index in [2.05, 4.69) is 0 Å². The lowest BCUT2D eigenvalue weighted by Crippen LogP contribution is -2.38. The Morgan fingerprint density at radius 3 is 2.20 bits per heavy atom. The molecule has 7 nitrogen and oxygen atoms in total. The molecule has 0 aliphatic rings. The van der Waals surface area contributed by atoms with Gasteiger partial charge in [-0.2, -0.15) is 0 Å². The molecule has 0 saturated heterocycles. The molecule has 162 valence electrons. The molecule has 0 spiro atoms. The smallest absolute Gasteiger partial charge is 0.335 e. The molecule has 0 aliphatic heterocycles. The molecular formula is C23H28O7. The fourth-order valence-corrected chi connectivity index (χ4v) is 2.91. The van der Waals surface area contributed by atoms with E-state index in [9.17, 15) is 14.7 Å². The number of ether oxygens (including phenoxy) is 4. The van der Waals surface area contributed by atoms with E-state index in [4.69, 9.17) is 18.9 Å². The number of carbonyl (C=O) groups excluding carboxylic acids is 2. The highest BCUT2D eigenvalue weighted by molar-refractivity contribution is 5.84. The van der Waals surface area contributed by atoms with Crippen molar-refractivity contribution in [2.45, 2.75) is 33.0 Å². The van der Waals surface area contributed by atoms with Gasteiger partial charge in [-0.1, -0.05) is 36.4 Å². The zero-order chi connectivity index (χ0) is 21.9. The highest BCUT2D eigenvalue weighted by Gasteiger charge is 2.34. The molecule has 0 aromatic heterocycles. The van der Waals surface area contributed by atoms with Crippen LogP contribution in [0.5, 0.6) is 11.5 Å². The number of carbonyl (C=O) groups is 2. The first-order valence-corrected chi connectivity index (χ1v) is 9.85. The Labute approximate surface area is 176 Å². The summed E-state index contributed by atoms with van der Waals surface area (Å²) in [7, 11) is 1.52. The molecule has 7 heteroatoms. The highest BCUT2D eigenvalue weighted by atomic mass is 16.6. The third-order valence-electron chi connectivity index (χ3n) is 4.42. The summed E-state index contributed by atoms with van der Waals surface area (Å²) in [6.07, 6.45) is -1.54. The number of esters is 2. The molecule has 1 N–H and O–H groups in total. The van der Waals surface area contributed by atoms with Crippen LogP contribution in [0, 0.1) is 5.92 Å². The second-order valence-electron chi connectivity index (χ2n) is 6.52. The van der Waals surface area contributed by atoms with Crippen molar-refractivity contribution in [3.63, 3.8) is 0 Å². The predicted octanol–water partition coefficient (Wildman–Crippen LogP) is 2.92. The van der Waals surface area contributed by atoms with Crippen molar-refractivity contribution in [1.29, 1.82) is 0 Å². The first-order valence-electron chi connectivity index (χ1n) is 9.85. The van der Waals surface area contributed by atoms with Crippen LogP contribution in [0.25, 0.3) is 0 Å². The molecule has 2 aromatic rings. The molecule has 2 atom stereocenters. The molecule has 0 fully saturated rings. The zero-order valence-electron chi connectivity index (χ0n) is 17.5. The standard InChI is InChI=1S/C23H28O7/c1-4-28-22(25)18(21(24)23(26)29-5-2)13-17-11-12-19(20(14-17)27-3)30-15-16-9-7-6-8-10-16/h6-12,14,18,21,24H,4-5,13,15H2,1-3H3/t18-,21+/m1/s1. The van der Waals surface area contributed by atoms with Crippen molar-refractivity contribution < 1.29 is 33.6 Å². The third-order valence-corrected chi connectivity index (χ3v) is 4.42. The van der Waals surface area contributed by atoms with Gasteiger partial charge in [-0.05, 0) is 43.5 Å². The van der Waals surface area contributed by atoms with Gasteiger partial charge in [-0.3, -0.25) is 4.79 Å². The van der Waals surface area contributed by atoms with Crippen LogP contribution in [0.4, 0.5) is 0 Å². The van der Waals surface area contributed by atoms with Gasteiger partial charge < -0.3 is 24.1 Å². The molecule has 0 amide bonds. The lowest BCUT2D eigenvalue weighted by atomic mass is 9.93. The summed E-state index contributed by atoms with van der Waals surface area (Å²) in [5.41, 5.74) is 1.70. The molecule has 30 heavy (non-hydrogen) atoms. The van der Waals surface area contributed by atoms with Crippen molar-refractivity contribution in [2.75, 3.05) is 20.3 Å². The minimum atomic E-state index is -1.62. The van der Waals surface area contributed by atoms with Gasteiger partial charge in [-0.25, -0.2) is 4.79 Å². The van der Waals surface area contributed by atoms with Gasteiger partial charge in [0.1, 0.15) is 6.61 Å². The van der Waals surface area contributed by atoms with E-state index in [1.807, 2.05) is 30.3 Å². The molecule has 2 aromatic carbocycles. The van der Waals surface area contributed by atoms with Crippen LogP contribution in [0.2, 0.25) is 0 Å². The lowest BCUT2D eigenvalue weighted by Gasteiger charge is -2.20. The van der Waals surface area contributed by atoms with Gasteiger partial charge in [0.25, 0.3) is 0 Å². The lowest BCUT2D eigenvalue weighted by molar-refractivity contribution is -0.166. The van der Waals surface area contributed by atoms with Crippen molar-refractivity contribution in [3.8, 4) is 11.5 Å². The third kappa shape index (κ3) is 6.49. The van der Waals surface area contributed by atoms with Gasteiger partial charge in [-0.15, -0.1) is 0 Å². The molecule has 0 saturated carbocycles. The van der Waals surface area contributed by atoms with E-state index in [1.165, 1.54) is 7.11 Å². The molecule has 0 unspecified atom stereocenters. The highest BCUT2D eigenvalue weighted by Crippen LogP contribution is 2.30. The zero-order valence-corrected chi connectivity index (χ0v) is 17.5. The fraction of sp³-hybridized carbons (Fsp3) is 0.391. The van der Waals surface area contributed by atoms with E-state index < -0.39 is 24.0 Å². The Bertz CT molecular complexity index is 820. The van der Waals surface area contributed by atoms with Crippen LogP contribution >= 0.6 is 0 Å². The van der Waals surface area contributed by atoms with Crippen LogP contribution in [-0.4, -0.2) is 43.5 Å². The molecule has 0 bridgehead atoms. The van der Waals surface area contributed by atoms with E-state index in [0.29, 0.717) is 23.7 Å². The van der Waals surface area contributed by atoms with Gasteiger partial charge in [0, 0.05) is 0 Å². The van der Waals surface area contributed by atoms with Crippen molar-refractivity contribution in [1.82, 2.24) is 0 Å². The Balaban J connectivity index is 2.16. The molecule has 0 aliphatic carbocycles. The molecule has 0 radical (unpaired) electrons. The van der Waals surface area contributed by atoms with Crippen molar-refractivity contribution >= 4 is 11.9 Å². The summed E-state index contributed by atoms with van der Waals surface area (Å²) in [5.74, 6) is -1.59. The Morgan fingerprint density at radius 2 is 1.57 bits per heavy atom. The van der Waals surface area contributed by atoms with Gasteiger partial charge in [0.05, 0.1) is 26.2 Å². The van der Waals surface area contributed by atoms with Gasteiger partial charge >= 0.3 is 11.9 Å². The number of hydrogen-bond donors (Lipinski definition) is 1. The van der Waals surface area contributed by atoms with Crippen LogP contribution < -0.4 is 9.47 Å². The van der Waals surface area contributed by atoms with Crippen molar-refractivity contribution in [2.24, 2.45) is 5.92 Å². The number of hydrogen-bond acceptors (Lipinski definition) is 7. The second kappa shape index (κ2) is 11.8.